The van der Waals surface area contributed by atoms with E-state index in [9.17, 15) is 9.59 Å². The van der Waals surface area contributed by atoms with Crippen LogP contribution < -0.4 is 11.0 Å². The Hall–Kier alpha value is -3.09. The van der Waals surface area contributed by atoms with E-state index in [4.69, 9.17) is 5.11 Å². The smallest absolute Gasteiger partial charge is 0.405 e. The molecule has 2 N–H and O–H groups in total. The molecule has 0 aliphatic carbocycles. The first-order chi connectivity index (χ1) is 11.4. The standard InChI is InChI=1S/C17H18N4O3/c1-10-6-4-7-11(2)14(10)21-15(12(3)18-16(22)23)19-13-8-5-9-20(13)17(21)24/h4-9,12,18H,1-3H3,(H,22,23). The molecule has 1 amide bonds. The summed E-state index contributed by atoms with van der Waals surface area (Å²) in [7, 11) is 0. The van der Waals surface area contributed by atoms with Crippen molar-refractivity contribution in [3.63, 3.8) is 0 Å². The molecule has 1 atom stereocenters. The van der Waals surface area contributed by atoms with Gasteiger partial charge in [-0.1, -0.05) is 18.2 Å². The number of benzene rings is 1. The van der Waals surface area contributed by atoms with Crippen molar-refractivity contribution in [3.8, 4) is 5.69 Å². The summed E-state index contributed by atoms with van der Waals surface area (Å²) in [6.45, 7) is 5.49. The van der Waals surface area contributed by atoms with Gasteiger partial charge < -0.3 is 10.4 Å². The molecule has 0 fully saturated rings. The van der Waals surface area contributed by atoms with Crippen LogP contribution in [0.2, 0.25) is 0 Å². The first kappa shape index (κ1) is 15.8. The maximum Gasteiger partial charge on any atom is 0.405 e. The fourth-order valence-electron chi connectivity index (χ4n) is 2.91. The first-order valence-corrected chi connectivity index (χ1v) is 7.56. The molecule has 1 aromatic carbocycles. The molecule has 3 rings (SSSR count). The molecule has 124 valence electrons. The summed E-state index contributed by atoms with van der Waals surface area (Å²) in [6, 6.07) is 8.54. The highest BCUT2D eigenvalue weighted by atomic mass is 16.4. The van der Waals surface area contributed by atoms with Crippen molar-refractivity contribution in [3.05, 3.63) is 64.0 Å². The lowest BCUT2D eigenvalue weighted by atomic mass is 10.1. The van der Waals surface area contributed by atoms with E-state index in [1.165, 1.54) is 8.97 Å². The third kappa shape index (κ3) is 2.54. The van der Waals surface area contributed by atoms with Crippen LogP contribution in [0.25, 0.3) is 11.3 Å². The average Bonchev–Trinajstić information content (AvgIpc) is 2.97. The number of aromatic nitrogens is 3. The van der Waals surface area contributed by atoms with Crippen molar-refractivity contribution in [1.82, 2.24) is 19.3 Å². The minimum Gasteiger partial charge on any atom is -0.465 e. The Morgan fingerprint density at radius 1 is 1.21 bits per heavy atom. The van der Waals surface area contributed by atoms with Gasteiger partial charge in [0.25, 0.3) is 0 Å². The number of carboxylic acid groups (broad SMARTS) is 1. The molecule has 0 saturated heterocycles. The zero-order chi connectivity index (χ0) is 17.4. The van der Waals surface area contributed by atoms with Gasteiger partial charge in [-0.2, -0.15) is 0 Å². The molecule has 2 aromatic heterocycles. The molecule has 0 radical (unpaired) electrons. The van der Waals surface area contributed by atoms with Crippen LogP contribution in [0.4, 0.5) is 4.79 Å². The van der Waals surface area contributed by atoms with Crippen molar-refractivity contribution in [1.29, 1.82) is 0 Å². The predicted molar refractivity (Wildman–Crippen MR) is 89.8 cm³/mol. The largest absolute Gasteiger partial charge is 0.465 e. The van der Waals surface area contributed by atoms with Crippen molar-refractivity contribution in [2.75, 3.05) is 0 Å². The molecule has 0 bridgehead atoms. The van der Waals surface area contributed by atoms with E-state index < -0.39 is 12.1 Å². The summed E-state index contributed by atoms with van der Waals surface area (Å²) in [5, 5.41) is 11.4. The number of nitrogens with one attached hydrogen (secondary N) is 1. The van der Waals surface area contributed by atoms with Crippen molar-refractivity contribution >= 4 is 11.7 Å². The maximum atomic E-state index is 13.0. The number of rotatable bonds is 3. The molecule has 0 saturated carbocycles. The monoisotopic (exact) mass is 326 g/mol. The van der Waals surface area contributed by atoms with Crippen LogP contribution in [0, 0.1) is 13.8 Å². The lowest BCUT2D eigenvalue weighted by Gasteiger charge is -2.20. The van der Waals surface area contributed by atoms with Gasteiger partial charge in [0.1, 0.15) is 11.5 Å². The number of amides is 1. The van der Waals surface area contributed by atoms with E-state index in [-0.39, 0.29) is 5.69 Å². The van der Waals surface area contributed by atoms with Gasteiger partial charge in [0.2, 0.25) is 0 Å². The number of hydrogen-bond donors (Lipinski definition) is 2. The van der Waals surface area contributed by atoms with Crippen LogP contribution in [0.1, 0.15) is 29.9 Å². The maximum absolute atomic E-state index is 13.0. The first-order valence-electron chi connectivity index (χ1n) is 7.56. The van der Waals surface area contributed by atoms with Gasteiger partial charge in [-0.3, -0.25) is 4.40 Å². The Morgan fingerprint density at radius 2 is 1.88 bits per heavy atom. The molecule has 24 heavy (non-hydrogen) atoms. The number of fused-ring (bicyclic) bond motifs is 1. The zero-order valence-corrected chi connectivity index (χ0v) is 13.6. The number of para-hydroxylation sites is 1. The highest BCUT2D eigenvalue weighted by Crippen LogP contribution is 2.21. The molecule has 0 spiro atoms. The number of aryl methyl sites for hydroxylation is 2. The SMILES string of the molecule is Cc1cccc(C)c1-n1c(C(C)NC(=O)O)nc2cccn2c1=O. The molecule has 7 nitrogen and oxygen atoms in total. The minimum atomic E-state index is -1.17. The number of carbonyl (C=O) groups is 1. The summed E-state index contributed by atoms with van der Waals surface area (Å²) < 4.78 is 2.93. The van der Waals surface area contributed by atoms with Gasteiger partial charge in [0.15, 0.2) is 0 Å². The molecular weight excluding hydrogens is 308 g/mol. The van der Waals surface area contributed by atoms with Crippen molar-refractivity contribution < 1.29 is 9.90 Å². The summed E-state index contributed by atoms with van der Waals surface area (Å²) in [6.07, 6.45) is 0.480. The minimum absolute atomic E-state index is 0.281. The average molecular weight is 326 g/mol. The van der Waals surface area contributed by atoms with Gasteiger partial charge in [-0.15, -0.1) is 0 Å². The van der Waals surface area contributed by atoms with Crippen molar-refractivity contribution in [2.45, 2.75) is 26.8 Å². The van der Waals surface area contributed by atoms with E-state index in [0.29, 0.717) is 11.5 Å². The lowest BCUT2D eigenvalue weighted by Crippen LogP contribution is -2.35. The summed E-state index contributed by atoms with van der Waals surface area (Å²) in [5.74, 6) is 0.353. The van der Waals surface area contributed by atoms with Crippen molar-refractivity contribution in [2.24, 2.45) is 0 Å². The van der Waals surface area contributed by atoms with E-state index in [0.717, 1.165) is 16.8 Å². The zero-order valence-electron chi connectivity index (χ0n) is 13.6. The second-order valence-corrected chi connectivity index (χ2v) is 5.74. The lowest BCUT2D eigenvalue weighted by molar-refractivity contribution is 0.190. The molecule has 3 aromatic rings. The second-order valence-electron chi connectivity index (χ2n) is 5.74. The molecule has 1 unspecified atom stereocenters. The Morgan fingerprint density at radius 3 is 2.50 bits per heavy atom. The second kappa shape index (κ2) is 5.84. The van der Waals surface area contributed by atoms with Gasteiger partial charge in [-0.05, 0) is 44.0 Å². The van der Waals surface area contributed by atoms with E-state index >= 15 is 0 Å². The highest BCUT2D eigenvalue weighted by molar-refractivity contribution is 5.65. The molecule has 2 heterocycles. The Labute approximate surface area is 138 Å². The van der Waals surface area contributed by atoms with Crippen LogP contribution in [0.5, 0.6) is 0 Å². The van der Waals surface area contributed by atoms with Crippen LogP contribution in [-0.2, 0) is 0 Å². The van der Waals surface area contributed by atoms with Crippen LogP contribution in [0.15, 0.2) is 41.3 Å². The quantitative estimate of drug-likeness (QED) is 0.773. The Balaban J connectivity index is 2.38. The number of hydrogen-bond acceptors (Lipinski definition) is 3. The molecule has 0 aliphatic rings. The number of nitrogens with zero attached hydrogens (tertiary/aromatic N) is 3. The topological polar surface area (TPSA) is 88.6 Å². The molecular formula is C17H18N4O3. The fraction of sp³-hybridized carbons (Fsp3) is 0.235. The summed E-state index contributed by atoms with van der Waals surface area (Å²) in [4.78, 5) is 28.6. The Kier molecular flexibility index (Phi) is 3.84. The third-order valence-corrected chi connectivity index (χ3v) is 3.97. The summed E-state index contributed by atoms with van der Waals surface area (Å²) in [5.41, 5.74) is 2.75. The van der Waals surface area contributed by atoms with Crippen LogP contribution >= 0.6 is 0 Å². The van der Waals surface area contributed by atoms with E-state index in [1.54, 1.807) is 25.3 Å². The summed E-state index contributed by atoms with van der Waals surface area (Å²) >= 11 is 0. The molecule has 7 heteroatoms. The van der Waals surface area contributed by atoms with Gasteiger partial charge in [0.05, 0.1) is 11.7 Å². The van der Waals surface area contributed by atoms with E-state index in [1.807, 2.05) is 32.0 Å². The van der Waals surface area contributed by atoms with Crippen LogP contribution in [0.3, 0.4) is 0 Å². The van der Waals surface area contributed by atoms with Gasteiger partial charge in [0, 0.05) is 6.20 Å². The van der Waals surface area contributed by atoms with Gasteiger partial charge in [-0.25, -0.2) is 19.1 Å². The Bertz CT molecular complexity index is 967. The fourth-order valence-corrected chi connectivity index (χ4v) is 2.91. The normalized spacial score (nSPS) is 12.3. The highest BCUT2D eigenvalue weighted by Gasteiger charge is 2.21. The van der Waals surface area contributed by atoms with E-state index in [2.05, 4.69) is 10.3 Å². The van der Waals surface area contributed by atoms with Crippen LogP contribution in [-0.4, -0.2) is 25.2 Å². The third-order valence-electron chi connectivity index (χ3n) is 3.97. The molecule has 0 aliphatic heterocycles. The van der Waals surface area contributed by atoms with Gasteiger partial charge >= 0.3 is 11.8 Å². The predicted octanol–water partition coefficient (Wildman–Crippen LogP) is 2.43.